The molecule has 0 aromatic carbocycles. The van der Waals surface area contributed by atoms with Crippen molar-refractivity contribution < 1.29 is 0 Å². The van der Waals surface area contributed by atoms with Crippen molar-refractivity contribution in [3.8, 4) is 0 Å². The van der Waals surface area contributed by atoms with Crippen LogP contribution in [0.2, 0.25) is 0 Å². The molecule has 0 radical (unpaired) electrons. The summed E-state index contributed by atoms with van der Waals surface area (Å²) in [6.07, 6.45) is 2.02. The van der Waals surface area contributed by atoms with Gasteiger partial charge in [-0.3, -0.25) is 0 Å². The van der Waals surface area contributed by atoms with Gasteiger partial charge in [0.25, 0.3) is 0 Å². The molecule has 0 spiro atoms. The second kappa shape index (κ2) is 4.48. The molecule has 0 saturated carbocycles. The van der Waals surface area contributed by atoms with Gasteiger partial charge in [-0.15, -0.1) is 5.10 Å². The van der Waals surface area contributed by atoms with Crippen molar-refractivity contribution in [3.63, 3.8) is 0 Å². The highest BCUT2D eigenvalue weighted by Crippen LogP contribution is 2.23. The van der Waals surface area contributed by atoms with Crippen LogP contribution in [0.15, 0.2) is 12.2 Å². The van der Waals surface area contributed by atoms with Gasteiger partial charge in [-0.05, 0) is 24.9 Å². The largest absolute Gasteiger partial charge is 0.320 e. The summed E-state index contributed by atoms with van der Waals surface area (Å²) in [7, 11) is 0. The van der Waals surface area contributed by atoms with Gasteiger partial charge in [-0.2, -0.15) is 0 Å². The first-order chi connectivity index (χ1) is 6.16. The van der Waals surface area contributed by atoms with E-state index in [1.807, 2.05) is 6.92 Å². The van der Waals surface area contributed by atoms with Crippen molar-refractivity contribution in [2.45, 2.75) is 32.7 Å². The van der Waals surface area contributed by atoms with E-state index in [4.69, 9.17) is 5.73 Å². The molecule has 72 valence electrons. The van der Waals surface area contributed by atoms with Gasteiger partial charge in [-0.1, -0.05) is 30.0 Å². The Morgan fingerprint density at radius 2 is 2.38 bits per heavy atom. The molecule has 4 heteroatoms. The Balaban J connectivity index is 2.86. The molecule has 0 fully saturated rings. The van der Waals surface area contributed by atoms with Gasteiger partial charge in [0.05, 0.1) is 16.6 Å². The molecule has 3 nitrogen and oxygen atoms in total. The first-order valence-electron chi connectivity index (χ1n) is 4.39. The van der Waals surface area contributed by atoms with E-state index in [2.05, 4.69) is 23.1 Å². The molecule has 0 amide bonds. The fourth-order valence-corrected chi connectivity index (χ4v) is 1.88. The number of aryl methyl sites for hydroxylation is 1. The van der Waals surface area contributed by atoms with Gasteiger partial charge in [-0.25, -0.2) is 0 Å². The van der Waals surface area contributed by atoms with Crippen molar-refractivity contribution in [3.05, 3.63) is 22.7 Å². The van der Waals surface area contributed by atoms with Crippen molar-refractivity contribution in [2.75, 3.05) is 0 Å². The van der Waals surface area contributed by atoms with Crippen molar-refractivity contribution in [1.29, 1.82) is 0 Å². The van der Waals surface area contributed by atoms with E-state index < -0.39 is 0 Å². The molecule has 2 N–H and O–H groups in total. The summed E-state index contributed by atoms with van der Waals surface area (Å²) >= 11 is 1.38. The third-order valence-electron chi connectivity index (χ3n) is 1.89. The smallest absolute Gasteiger partial charge is 0.0807 e. The van der Waals surface area contributed by atoms with Crippen LogP contribution in [0, 0.1) is 0 Å². The van der Waals surface area contributed by atoms with Crippen molar-refractivity contribution >= 4 is 11.5 Å². The Morgan fingerprint density at radius 1 is 1.69 bits per heavy atom. The summed E-state index contributed by atoms with van der Waals surface area (Å²) in [4.78, 5) is 1.06. The molecule has 0 aliphatic carbocycles. The lowest BCUT2D eigenvalue weighted by Crippen LogP contribution is -2.11. The second-order valence-corrected chi connectivity index (χ2v) is 3.94. The summed E-state index contributed by atoms with van der Waals surface area (Å²) in [5, 5.41) is 4.06. The zero-order chi connectivity index (χ0) is 9.84. The van der Waals surface area contributed by atoms with Gasteiger partial charge < -0.3 is 5.73 Å². The summed E-state index contributed by atoms with van der Waals surface area (Å²) in [5.74, 6) is 0. The van der Waals surface area contributed by atoms with Crippen LogP contribution in [0.1, 0.15) is 36.9 Å². The number of aromatic nitrogens is 2. The van der Waals surface area contributed by atoms with Crippen molar-refractivity contribution in [2.24, 2.45) is 5.73 Å². The highest BCUT2D eigenvalue weighted by Gasteiger charge is 2.14. The molecule has 1 heterocycles. The molecule has 1 atom stereocenters. The molecule has 1 rings (SSSR count). The minimum Gasteiger partial charge on any atom is -0.320 e. The second-order valence-electron chi connectivity index (χ2n) is 3.16. The predicted octanol–water partition coefficient (Wildman–Crippen LogP) is 2.07. The molecule has 0 bridgehead atoms. The summed E-state index contributed by atoms with van der Waals surface area (Å²) in [6.45, 7) is 7.89. The van der Waals surface area contributed by atoms with Crippen LogP contribution in [0.5, 0.6) is 0 Å². The monoisotopic (exact) mass is 197 g/mol. The van der Waals surface area contributed by atoms with E-state index in [-0.39, 0.29) is 6.04 Å². The highest BCUT2D eigenvalue weighted by molar-refractivity contribution is 7.05. The average molecular weight is 197 g/mol. The third kappa shape index (κ3) is 2.35. The fourth-order valence-electron chi connectivity index (χ4n) is 1.09. The number of nitrogens with zero attached hydrogens (tertiary/aromatic N) is 2. The van der Waals surface area contributed by atoms with Crippen LogP contribution in [-0.4, -0.2) is 9.59 Å². The first kappa shape index (κ1) is 10.3. The van der Waals surface area contributed by atoms with Crippen LogP contribution in [-0.2, 0) is 6.42 Å². The average Bonchev–Trinajstić information content (AvgIpc) is 2.52. The number of rotatable bonds is 4. The van der Waals surface area contributed by atoms with Crippen LogP contribution < -0.4 is 5.73 Å². The molecule has 1 aromatic rings. The van der Waals surface area contributed by atoms with Crippen LogP contribution in [0.25, 0.3) is 0 Å². The SMILES string of the molecule is C=C(C)C(N)c1snnc1CCC. The topological polar surface area (TPSA) is 51.8 Å². The van der Waals surface area contributed by atoms with Gasteiger partial charge in [0.2, 0.25) is 0 Å². The zero-order valence-corrected chi connectivity index (χ0v) is 8.90. The maximum Gasteiger partial charge on any atom is 0.0807 e. The summed E-state index contributed by atoms with van der Waals surface area (Å²) in [6, 6.07) is -0.0958. The quantitative estimate of drug-likeness (QED) is 0.752. The molecule has 1 aromatic heterocycles. The zero-order valence-electron chi connectivity index (χ0n) is 8.08. The maximum atomic E-state index is 5.94. The van der Waals surface area contributed by atoms with E-state index in [1.54, 1.807) is 0 Å². The van der Waals surface area contributed by atoms with E-state index in [0.717, 1.165) is 29.0 Å². The third-order valence-corrected chi connectivity index (χ3v) is 2.73. The molecule has 0 aliphatic heterocycles. The molecule has 1 unspecified atom stereocenters. The van der Waals surface area contributed by atoms with Gasteiger partial charge >= 0.3 is 0 Å². The van der Waals surface area contributed by atoms with E-state index >= 15 is 0 Å². The van der Waals surface area contributed by atoms with Gasteiger partial charge in [0.1, 0.15) is 0 Å². The van der Waals surface area contributed by atoms with Gasteiger partial charge in [0.15, 0.2) is 0 Å². The summed E-state index contributed by atoms with van der Waals surface area (Å²) < 4.78 is 3.91. The van der Waals surface area contributed by atoms with Crippen LogP contribution in [0.3, 0.4) is 0 Å². The Hall–Kier alpha value is -0.740. The normalized spacial score (nSPS) is 12.8. The minimum absolute atomic E-state index is 0.0958. The number of hydrogen-bond acceptors (Lipinski definition) is 4. The molecule has 0 aliphatic rings. The van der Waals surface area contributed by atoms with Crippen molar-refractivity contribution in [1.82, 2.24) is 9.59 Å². The fraction of sp³-hybridized carbons (Fsp3) is 0.556. The maximum absolute atomic E-state index is 5.94. The van der Waals surface area contributed by atoms with E-state index in [0.29, 0.717) is 0 Å². The minimum atomic E-state index is -0.0958. The molecular formula is C9H15N3S. The van der Waals surface area contributed by atoms with E-state index in [1.165, 1.54) is 11.5 Å². The molecular weight excluding hydrogens is 182 g/mol. The molecule has 13 heavy (non-hydrogen) atoms. The first-order valence-corrected chi connectivity index (χ1v) is 5.16. The highest BCUT2D eigenvalue weighted by atomic mass is 32.1. The lowest BCUT2D eigenvalue weighted by Gasteiger charge is -2.09. The van der Waals surface area contributed by atoms with Crippen LogP contribution in [0.4, 0.5) is 0 Å². The van der Waals surface area contributed by atoms with E-state index in [9.17, 15) is 0 Å². The Bertz CT molecular complexity index is 293. The standard InChI is InChI=1S/C9H15N3S/c1-4-5-7-9(13-12-11-7)8(10)6(2)3/h8H,2,4-5,10H2,1,3H3. The Labute approximate surface area is 82.8 Å². The lowest BCUT2D eigenvalue weighted by molar-refractivity contribution is 0.805. The predicted molar refractivity (Wildman–Crippen MR) is 55.6 cm³/mol. The summed E-state index contributed by atoms with van der Waals surface area (Å²) in [5.41, 5.74) is 7.94. The Kier molecular flexibility index (Phi) is 3.57. The Morgan fingerprint density at radius 3 is 2.92 bits per heavy atom. The number of hydrogen-bond donors (Lipinski definition) is 1. The van der Waals surface area contributed by atoms with Crippen LogP contribution >= 0.6 is 11.5 Å². The molecule has 0 saturated heterocycles. The van der Waals surface area contributed by atoms with Gasteiger partial charge in [0, 0.05) is 0 Å². The lowest BCUT2D eigenvalue weighted by atomic mass is 10.1. The number of nitrogens with two attached hydrogens (primary N) is 1.